The van der Waals surface area contributed by atoms with Crippen molar-refractivity contribution >= 4 is 57.2 Å². The number of aryl methyl sites for hydroxylation is 1. The molecule has 1 fully saturated rings. The van der Waals surface area contributed by atoms with E-state index in [2.05, 4.69) is 6.92 Å². The van der Waals surface area contributed by atoms with Crippen LogP contribution in [0.2, 0.25) is 5.02 Å². The summed E-state index contributed by atoms with van der Waals surface area (Å²) in [7, 11) is 1.95. The van der Waals surface area contributed by atoms with Gasteiger partial charge in [-0.1, -0.05) is 30.7 Å². The minimum atomic E-state index is -1.08. The normalized spacial score (nSPS) is 14.1. The van der Waals surface area contributed by atoms with Gasteiger partial charge >= 0.3 is 6.09 Å². The minimum absolute atomic E-state index is 0.156. The summed E-state index contributed by atoms with van der Waals surface area (Å²) in [5, 5.41) is 12.7. The van der Waals surface area contributed by atoms with Gasteiger partial charge in [-0.25, -0.2) is 14.8 Å². The summed E-state index contributed by atoms with van der Waals surface area (Å²) in [5.41, 5.74) is 4.22. The summed E-state index contributed by atoms with van der Waals surface area (Å²) in [6.45, 7) is 2.46. The first-order valence-electron chi connectivity index (χ1n) is 11.1. The summed E-state index contributed by atoms with van der Waals surface area (Å²) in [6.07, 6.45) is 1.53. The van der Waals surface area contributed by atoms with Gasteiger partial charge in [0.25, 0.3) is 0 Å². The number of amides is 2. The van der Waals surface area contributed by atoms with Crippen LogP contribution < -0.4 is 9.80 Å². The lowest BCUT2D eigenvalue weighted by Crippen LogP contribution is -2.52. The van der Waals surface area contributed by atoms with Gasteiger partial charge in [-0.05, 0) is 30.7 Å². The second-order valence-electron chi connectivity index (χ2n) is 8.18. The highest BCUT2D eigenvalue weighted by Gasteiger charge is 2.28. The van der Waals surface area contributed by atoms with Crippen LogP contribution in [-0.2, 0) is 11.2 Å². The zero-order chi connectivity index (χ0) is 24.7. The third-order valence-corrected chi connectivity index (χ3v) is 7.19. The molecular weight excluding hydrogens is 488 g/mol. The van der Waals surface area contributed by atoms with E-state index in [4.69, 9.17) is 21.6 Å². The number of aromatic nitrogens is 3. The van der Waals surface area contributed by atoms with Gasteiger partial charge in [-0.3, -0.25) is 14.1 Å². The molecule has 1 aliphatic heterocycles. The van der Waals surface area contributed by atoms with E-state index in [0.717, 1.165) is 44.9 Å². The van der Waals surface area contributed by atoms with Crippen LogP contribution in [0.1, 0.15) is 12.6 Å². The van der Waals surface area contributed by atoms with Crippen molar-refractivity contribution in [1.29, 1.82) is 0 Å². The first-order chi connectivity index (χ1) is 16.9. The molecule has 4 heterocycles. The van der Waals surface area contributed by atoms with Crippen molar-refractivity contribution in [1.82, 2.24) is 19.3 Å². The Bertz CT molecular complexity index is 1420. The largest absolute Gasteiger partial charge is 0.465 e. The molecule has 180 valence electrons. The maximum absolute atomic E-state index is 12.7. The third-order valence-electron chi connectivity index (χ3n) is 6.02. The lowest BCUT2D eigenvalue weighted by Gasteiger charge is -2.32. The summed E-state index contributed by atoms with van der Waals surface area (Å²) in [6, 6.07) is 11.3. The van der Waals surface area contributed by atoms with Gasteiger partial charge in [0, 0.05) is 42.3 Å². The molecule has 3 aromatic heterocycles. The monoisotopic (exact) mass is 510 g/mol. The number of piperazine rings is 1. The van der Waals surface area contributed by atoms with E-state index < -0.39 is 6.09 Å². The summed E-state index contributed by atoms with van der Waals surface area (Å²) < 4.78 is 1.97. The van der Waals surface area contributed by atoms with Crippen LogP contribution >= 0.6 is 22.9 Å². The van der Waals surface area contributed by atoms with E-state index >= 15 is 0 Å². The Hall–Kier alpha value is -3.63. The molecule has 11 heteroatoms. The average molecular weight is 511 g/mol. The van der Waals surface area contributed by atoms with Crippen LogP contribution in [-0.4, -0.2) is 63.1 Å². The number of rotatable bonds is 5. The minimum Gasteiger partial charge on any atom is -0.465 e. The van der Waals surface area contributed by atoms with E-state index in [1.807, 2.05) is 64.3 Å². The van der Waals surface area contributed by atoms with Crippen LogP contribution in [0.5, 0.6) is 0 Å². The highest BCUT2D eigenvalue weighted by Crippen LogP contribution is 2.34. The Kier molecular flexibility index (Phi) is 6.08. The maximum atomic E-state index is 12.7. The van der Waals surface area contributed by atoms with E-state index in [9.17, 15) is 14.7 Å². The van der Waals surface area contributed by atoms with Crippen LogP contribution in [0.15, 0.2) is 48.0 Å². The number of pyridine rings is 1. The number of halogens is 1. The smallest absolute Gasteiger partial charge is 0.407 e. The fourth-order valence-corrected chi connectivity index (χ4v) is 5.12. The molecule has 2 amide bonds. The quantitative estimate of drug-likeness (QED) is 0.415. The van der Waals surface area contributed by atoms with Gasteiger partial charge in [0.2, 0.25) is 5.91 Å². The van der Waals surface area contributed by atoms with Gasteiger partial charge in [-0.15, -0.1) is 11.3 Å². The molecule has 0 aliphatic carbocycles. The molecule has 0 saturated carbocycles. The summed E-state index contributed by atoms with van der Waals surface area (Å²) in [4.78, 5) is 38.3. The van der Waals surface area contributed by atoms with Crippen LogP contribution in [0, 0.1) is 0 Å². The highest BCUT2D eigenvalue weighted by atomic mass is 35.5. The van der Waals surface area contributed by atoms with Crippen molar-refractivity contribution < 1.29 is 14.7 Å². The lowest BCUT2D eigenvalue weighted by atomic mass is 10.2. The fraction of sp³-hybridized carbons (Fsp3) is 0.250. The Balaban J connectivity index is 1.49. The molecule has 0 spiro atoms. The van der Waals surface area contributed by atoms with Crippen molar-refractivity contribution in [3.63, 3.8) is 0 Å². The van der Waals surface area contributed by atoms with Crippen molar-refractivity contribution in [3.05, 3.63) is 58.7 Å². The topological polar surface area (TPSA) is 94.3 Å². The molecule has 1 saturated heterocycles. The number of nitrogens with zero attached hydrogens (tertiary/aromatic N) is 6. The Labute approximate surface area is 210 Å². The molecule has 4 aromatic rings. The van der Waals surface area contributed by atoms with Crippen molar-refractivity contribution in [2.24, 2.45) is 0 Å². The molecule has 0 atom stereocenters. The Morgan fingerprint density at radius 1 is 1.17 bits per heavy atom. The van der Waals surface area contributed by atoms with Gasteiger partial charge in [-0.2, -0.15) is 0 Å². The van der Waals surface area contributed by atoms with Crippen LogP contribution in [0.4, 0.5) is 21.4 Å². The van der Waals surface area contributed by atoms with E-state index in [0.29, 0.717) is 17.3 Å². The zero-order valence-corrected chi connectivity index (χ0v) is 20.8. The van der Waals surface area contributed by atoms with Crippen molar-refractivity contribution in [2.45, 2.75) is 13.3 Å². The Morgan fingerprint density at radius 2 is 1.94 bits per heavy atom. The summed E-state index contributed by atoms with van der Waals surface area (Å²) >= 11 is 7.55. The standard InChI is InChI=1S/C24H23ClN6O3S/c1-3-18-22(28(2)23-27-19(14-35-23)15-4-6-16(25)7-5-15)31-12-17(8-9-20(31)26-18)30-11-10-29(24(33)34)13-21(30)32/h4-9,12,14H,3,10-11,13H2,1-2H3,(H,33,34). The molecule has 1 aromatic carbocycles. The number of hydrogen-bond donors (Lipinski definition) is 1. The number of carbonyl (C=O) groups is 2. The van der Waals surface area contributed by atoms with Crippen LogP contribution in [0.3, 0.4) is 0 Å². The highest BCUT2D eigenvalue weighted by molar-refractivity contribution is 7.14. The van der Waals surface area contributed by atoms with Gasteiger partial charge < -0.3 is 14.9 Å². The van der Waals surface area contributed by atoms with Gasteiger partial charge in [0.1, 0.15) is 18.0 Å². The number of benzene rings is 1. The molecule has 5 rings (SSSR count). The van der Waals surface area contributed by atoms with Crippen molar-refractivity contribution in [3.8, 4) is 11.3 Å². The van der Waals surface area contributed by atoms with Gasteiger partial charge in [0.15, 0.2) is 5.13 Å². The van der Waals surface area contributed by atoms with Crippen LogP contribution in [0.25, 0.3) is 16.9 Å². The molecule has 9 nitrogen and oxygen atoms in total. The number of hydrogen-bond acceptors (Lipinski definition) is 6. The van der Waals surface area contributed by atoms with E-state index in [-0.39, 0.29) is 19.0 Å². The molecule has 0 unspecified atom stereocenters. The first kappa shape index (κ1) is 23.1. The predicted octanol–water partition coefficient (Wildman–Crippen LogP) is 4.77. The SMILES string of the molecule is CCc1nc2ccc(N3CCN(C(=O)O)CC3=O)cn2c1N(C)c1nc(-c2ccc(Cl)cc2)cs1. The molecule has 1 aliphatic rings. The van der Waals surface area contributed by atoms with Gasteiger partial charge in [0.05, 0.1) is 17.1 Å². The number of thiazole rings is 1. The number of imidazole rings is 1. The number of fused-ring (bicyclic) bond motifs is 1. The average Bonchev–Trinajstić information content (AvgIpc) is 3.48. The fourth-order valence-electron chi connectivity index (χ4n) is 4.19. The number of carbonyl (C=O) groups excluding carboxylic acids is 1. The summed E-state index contributed by atoms with van der Waals surface area (Å²) in [5.74, 6) is 0.620. The van der Waals surface area contributed by atoms with E-state index in [1.54, 1.807) is 4.90 Å². The zero-order valence-electron chi connectivity index (χ0n) is 19.2. The molecule has 1 N–H and O–H groups in total. The number of carboxylic acid groups (broad SMARTS) is 1. The molecule has 35 heavy (non-hydrogen) atoms. The molecule has 0 bridgehead atoms. The second-order valence-corrected chi connectivity index (χ2v) is 9.45. The number of anilines is 3. The first-order valence-corrected chi connectivity index (χ1v) is 12.4. The second kappa shape index (κ2) is 9.20. The molecule has 0 radical (unpaired) electrons. The Morgan fingerprint density at radius 3 is 2.63 bits per heavy atom. The van der Waals surface area contributed by atoms with Crippen molar-refractivity contribution in [2.75, 3.05) is 36.5 Å². The predicted molar refractivity (Wildman–Crippen MR) is 137 cm³/mol. The third kappa shape index (κ3) is 4.30. The van der Waals surface area contributed by atoms with E-state index in [1.165, 1.54) is 11.3 Å². The lowest BCUT2D eigenvalue weighted by molar-refractivity contribution is -0.120. The molecular formula is C24H23ClN6O3S. The maximum Gasteiger partial charge on any atom is 0.407 e.